The number of furan rings is 1. The van der Waals surface area contributed by atoms with Gasteiger partial charge in [0.25, 0.3) is 0 Å². The molecule has 0 saturated carbocycles. The van der Waals surface area contributed by atoms with E-state index < -0.39 is 23.5 Å². The quantitative estimate of drug-likeness (QED) is 0.209. The van der Waals surface area contributed by atoms with Gasteiger partial charge >= 0.3 is 11.6 Å². The minimum atomic E-state index is -1.13. The van der Waals surface area contributed by atoms with E-state index in [1.807, 2.05) is 80.6 Å². The number of carbonyl (C=O) groups excluding carboxylic acids is 1. The van der Waals surface area contributed by atoms with Crippen molar-refractivity contribution in [3.05, 3.63) is 105 Å². The smallest absolute Gasteiger partial charge is 0.340 e. The van der Waals surface area contributed by atoms with Crippen molar-refractivity contribution in [1.29, 1.82) is 0 Å². The number of rotatable bonds is 9. The largest absolute Gasteiger partial charge is 0.480 e. The first-order valence-corrected chi connectivity index (χ1v) is 14.1. The average Bonchev–Trinajstić information content (AvgIpc) is 3.28. The highest BCUT2D eigenvalue weighted by Gasteiger charge is 2.24. The molecule has 0 bridgehead atoms. The third-order valence-corrected chi connectivity index (χ3v) is 8.17. The van der Waals surface area contributed by atoms with Gasteiger partial charge in [-0.1, -0.05) is 60.7 Å². The summed E-state index contributed by atoms with van der Waals surface area (Å²) in [7, 11) is 0. The SMILES string of the molecule is Cc1oc2c(C)c3oc(=O)c(CC(=O)N[C@@H](CSCc4ccccc4)C(=O)O)c(C)c3cc2c1-c1ccccc1. The van der Waals surface area contributed by atoms with Gasteiger partial charge in [0, 0.05) is 33.4 Å². The first-order chi connectivity index (χ1) is 19.2. The fourth-order valence-electron chi connectivity index (χ4n) is 4.99. The summed E-state index contributed by atoms with van der Waals surface area (Å²) in [4.78, 5) is 37.8. The molecule has 7 nitrogen and oxygen atoms in total. The van der Waals surface area contributed by atoms with E-state index in [1.54, 1.807) is 6.92 Å². The topological polar surface area (TPSA) is 110 Å². The number of benzene rings is 3. The molecule has 0 aliphatic rings. The fourth-order valence-corrected chi connectivity index (χ4v) is 6.00. The molecular formula is C32H29NO6S. The van der Waals surface area contributed by atoms with Gasteiger partial charge in [-0.3, -0.25) is 4.79 Å². The molecule has 0 unspecified atom stereocenters. The highest BCUT2D eigenvalue weighted by molar-refractivity contribution is 7.98. The van der Waals surface area contributed by atoms with Crippen molar-refractivity contribution in [3.63, 3.8) is 0 Å². The molecule has 5 aromatic rings. The van der Waals surface area contributed by atoms with Crippen LogP contribution < -0.4 is 10.9 Å². The van der Waals surface area contributed by atoms with Gasteiger partial charge in [-0.25, -0.2) is 9.59 Å². The van der Waals surface area contributed by atoms with Crippen molar-refractivity contribution in [1.82, 2.24) is 5.32 Å². The predicted octanol–water partition coefficient (Wildman–Crippen LogP) is 6.18. The van der Waals surface area contributed by atoms with E-state index in [0.717, 1.165) is 27.8 Å². The van der Waals surface area contributed by atoms with Crippen LogP contribution in [0.3, 0.4) is 0 Å². The van der Waals surface area contributed by atoms with Crippen LogP contribution >= 0.6 is 11.8 Å². The van der Waals surface area contributed by atoms with Crippen LogP contribution in [0.25, 0.3) is 33.1 Å². The number of thioether (sulfide) groups is 1. The van der Waals surface area contributed by atoms with Gasteiger partial charge in [0.15, 0.2) is 0 Å². The molecule has 8 heteroatoms. The molecule has 2 heterocycles. The third-order valence-electron chi connectivity index (χ3n) is 7.06. The summed E-state index contributed by atoms with van der Waals surface area (Å²) in [6, 6.07) is 20.5. The van der Waals surface area contributed by atoms with Crippen LogP contribution in [0, 0.1) is 20.8 Å². The van der Waals surface area contributed by atoms with Gasteiger partial charge in [-0.15, -0.1) is 0 Å². The first-order valence-electron chi connectivity index (χ1n) is 12.9. The summed E-state index contributed by atoms with van der Waals surface area (Å²) in [5, 5.41) is 13.8. The Bertz CT molecular complexity index is 1770. The normalized spacial score (nSPS) is 12.1. The van der Waals surface area contributed by atoms with Crippen molar-refractivity contribution in [2.24, 2.45) is 0 Å². The molecule has 204 valence electrons. The lowest BCUT2D eigenvalue weighted by Crippen LogP contribution is -2.43. The Hall–Kier alpha value is -4.30. The van der Waals surface area contributed by atoms with Crippen LogP contribution in [0.1, 0.15) is 28.0 Å². The van der Waals surface area contributed by atoms with Crippen molar-refractivity contribution >= 4 is 45.6 Å². The van der Waals surface area contributed by atoms with Crippen LogP contribution in [-0.2, 0) is 21.8 Å². The molecule has 0 saturated heterocycles. The van der Waals surface area contributed by atoms with Crippen LogP contribution in [0.4, 0.5) is 0 Å². The van der Waals surface area contributed by atoms with E-state index in [9.17, 15) is 19.5 Å². The number of aryl methyl sites for hydroxylation is 3. The minimum absolute atomic E-state index is 0.195. The molecule has 5 rings (SSSR count). The lowest BCUT2D eigenvalue weighted by atomic mass is 9.96. The van der Waals surface area contributed by atoms with E-state index in [-0.39, 0.29) is 17.7 Å². The lowest BCUT2D eigenvalue weighted by molar-refractivity contribution is -0.141. The van der Waals surface area contributed by atoms with Crippen molar-refractivity contribution in [2.45, 2.75) is 39.0 Å². The molecule has 3 aromatic carbocycles. The van der Waals surface area contributed by atoms with Gasteiger partial charge in [0.1, 0.15) is 23.0 Å². The molecule has 0 radical (unpaired) electrons. The molecule has 0 aliphatic carbocycles. The molecule has 2 N–H and O–H groups in total. The molecular weight excluding hydrogens is 526 g/mol. The van der Waals surface area contributed by atoms with Gasteiger partial charge in [-0.2, -0.15) is 11.8 Å². The molecule has 0 fully saturated rings. The Kier molecular flexibility index (Phi) is 7.80. The second kappa shape index (κ2) is 11.4. The Balaban J connectivity index is 1.43. The van der Waals surface area contributed by atoms with Crippen molar-refractivity contribution < 1.29 is 23.5 Å². The van der Waals surface area contributed by atoms with Gasteiger partial charge in [-0.05, 0) is 43.5 Å². The number of carboxylic acid groups (broad SMARTS) is 1. The number of nitrogens with one attached hydrogen (secondary N) is 1. The molecule has 1 amide bonds. The summed E-state index contributed by atoms with van der Waals surface area (Å²) in [5.41, 5.74) is 5.00. The number of hydrogen-bond acceptors (Lipinski definition) is 6. The maximum atomic E-state index is 13.0. The number of amides is 1. The maximum Gasteiger partial charge on any atom is 0.340 e. The average molecular weight is 556 g/mol. The number of aliphatic carboxylic acids is 1. The third kappa shape index (κ3) is 5.40. The summed E-state index contributed by atoms with van der Waals surface area (Å²) in [6.07, 6.45) is -0.287. The van der Waals surface area contributed by atoms with Gasteiger partial charge in [0.05, 0.1) is 12.0 Å². The van der Waals surface area contributed by atoms with Crippen LogP contribution in [0.2, 0.25) is 0 Å². The lowest BCUT2D eigenvalue weighted by Gasteiger charge is -2.15. The fraction of sp³-hybridized carbons (Fsp3) is 0.219. The second-order valence-electron chi connectivity index (χ2n) is 9.78. The van der Waals surface area contributed by atoms with E-state index in [0.29, 0.717) is 33.4 Å². The minimum Gasteiger partial charge on any atom is -0.480 e. The first kappa shape index (κ1) is 27.3. The Labute approximate surface area is 235 Å². The summed E-state index contributed by atoms with van der Waals surface area (Å²) >= 11 is 1.42. The molecule has 1 atom stereocenters. The molecule has 2 aromatic heterocycles. The van der Waals surface area contributed by atoms with E-state index in [1.165, 1.54) is 11.8 Å². The highest BCUT2D eigenvalue weighted by Crippen LogP contribution is 2.39. The Morgan fingerprint density at radius 1 is 0.900 bits per heavy atom. The predicted molar refractivity (Wildman–Crippen MR) is 158 cm³/mol. The van der Waals surface area contributed by atoms with Crippen molar-refractivity contribution in [3.8, 4) is 11.1 Å². The second-order valence-corrected chi connectivity index (χ2v) is 10.8. The van der Waals surface area contributed by atoms with Crippen molar-refractivity contribution in [2.75, 3.05) is 5.75 Å². The molecule has 40 heavy (non-hydrogen) atoms. The Morgan fingerprint density at radius 2 is 1.55 bits per heavy atom. The summed E-state index contributed by atoms with van der Waals surface area (Å²) in [5.74, 6) is -0.104. The Morgan fingerprint density at radius 3 is 2.23 bits per heavy atom. The van der Waals surface area contributed by atoms with Crippen LogP contribution in [0.5, 0.6) is 0 Å². The summed E-state index contributed by atoms with van der Waals surface area (Å²) in [6.45, 7) is 5.54. The van der Waals surface area contributed by atoms with E-state index >= 15 is 0 Å². The monoisotopic (exact) mass is 555 g/mol. The van der Waals surface area contributed by atoms with Gasteiger partial charge < -0.3 is 19.3 Å². The number of carbonyl (C=O) groups is 2. The molecule has 0 aliphatic heterocycles. The summed E-state index contributed by atoms with van der Waals surface area (Å²) < 4.78 is 11.8. The van der Waals surface area contributed by atoms with Crippen LogP contribution in [0.15, 0.2) is 80.4 Å². The highest BCUT2D eigenvalue weighted by atomic mass is 32.2. The van der Waals surface area contributed by atoms with Crippen LogP contribution in [-0.4, -0.2) is 28.8 Å². The van der Waals surface area contributed by atoms with E-state index in [4.69, 9.17) is 8.83 Å². The van der Waals surface area contributed by atoms with Gasteiger partial charge in [0.2, 0.25) is 5.91 Å². The van der Waals surface area contributed by atoms with E-state index in [2.05, 4.69) is 5.32 Å². The molecule has 0 spiro atoms. The number of carboxylic acids is 1. The zero-order valence-electron chi connectivity index (χ0n) is 22.4. The maximum absolute atomic E-state index is 13.0. The standard InChI is InChI=1S/C32H29NO6S/c1-18-23-14-25-28(22-12-8-5-9-13-22)20(3)38-30(25)19(2)29(23)39-32(37)24(18)15-27(34)33-26(31(35)36)17-40-16-21-10-6-4-7-11-21/h4-14,26H,15-17H2,1-3H3,(H,33,34)(H,35,36)/t26-/m0/s1. The number of fused-ring (bicyclic) bond motifs is 2. The zero-order chi connectivity index (χ0) is 28.4. The number of hydrogen-bond donors (Lipinski definition) is 2. The zero-order valence-corrected chi connectivity index (χ0v) is 23.3.